The maximum absolute atomic E-state index is 12.5. The fourth-order valence-electron chi connectivity index (χ4n) is 3.58. The minimum absolute atomic E-state index is 0.108. The Labute approximate surface area is 149 Å². The summed E-state index contributed by atoms with van der Waals surface area (Å²) < 4.78 is 10.8. The molecule has 2 heterocycles. The van der Waals surface area contributed by atoms with Crippen molar-refractivity contribution < 1.29 is 19.1 Å². The number of hydrogen-bond donors (Lipinski definition) is 1. The summed E-state index contributed by atoms with van der Waals surface area (Å²) in [7, 11) is 0. The zero-order valence-corrected chi connectivity index (χ0v) is 16.0. The quantitative estimate of drug-likeness (QED) is 0.782. The predicted molar refractivity (Wildman–Crippen MR) is 91.8 cm³/mol. The fourth-order valence-corrected chi connectivity index (χ4v) is 3.58. The minimum Gasteiger partial charge on any atom is -0.444 e. The lowest BCUT2D eigenvalue weighted by atomic mass is 9.84. The highest BCUT2D eigenvalue weighted by molar-refractivity contribution is 5.71. The van der Waals surface area contributed by atoms with E-state index in [-0.39, 0.29) is 18.2 Å². The van der Waals surface area contributed by atoms with E-state index in [1.807, 2.05) is 20.8 Å². The number of ether oxygens (including phenoxy) is 2. The van der Waals surface area contributed by atoms with Gasteiger partial charge in [0.15, 0.2) is 0 Å². The van der Waals surface area contributed by atoms with Crippen molar-refractivity contribution >= 4 is 12.2 Å². The number of nitrogens with zero attached hydrogens (tertiary/aromatic N) is 2. The van der Waals surface area contributed by atoms with Gasteiger partial charge in [-0.2, -0.15) is 5.26 Å². The lowest BCUT2D eigenvalue weighted by Gasteiger charge is -2.43. The Bertz CT molecular complexity index is 569. The first-order valence-corrected chi connectivity index (χ1v) is 8.78. The molecular weight excluding hydrogens is 322 g/mol. The van der Waals surface area contributed by atoms with Crippen molar-refractivity contribution in [2.45, 2.75) is 96.1 Å². The van der Waals surface area contributed by atoms with Crippen LogP contribution in [0.15, 0.2) is 0 Å². The van der Waals surface area contributed by atoms with Gasteiger partial charge in [-0.1, -0.05) is 0 Å². The van der Waals surface area contributed by atoms with Gasteiger partial charge < -0.3 is 19.7 Å². The van der Waals surface area contributed by atoms with Crippen LogP contribution in [0.4, 0.5) is 9.59 Å². The number of hydrogen-bond acceptors (Lipinski definition) is 5. The van der Waals surface area contributed by atoms with Crippen molar-refractivity contribution in [2.75, 3.05) is 0 Å². The summed E-state index contributed by atoms with van der Waals surface area (Å²) in [6.07, 6.45) is 1.45. The third kappa shape index (κ3) is 4.77. The Hall–Kier alpha value is -1.97. The van der Waals surface area contributed by atoms with Crippen molar-refractivity contribution in [1.29, 1.82) is 5.26 Å². The van der Waals surface area contributed by atoms with Crippen molar-refractivity contribution in [3.8, 4) is 6.07 Å². The maximum Gasteiger partial charge on any atom is 0.410 e. The highest BCUT2D eigenvalue weighted by Gasteiger charge is 2.52. The van der Waals surface area contributed by atoms with Crippen LogP contribution >= 0.6 is 0 Å². The molecule has 2 atom stereocenters. The molecule has 25 heavy (non-hydrogen) atoms. The van der Waals surface area contributed by atoms with Crippen LogP contribution in [0.1, 0.15) is 67.2 Å². The molecule has 2 rings (SSSR count). The average Bonchev–Trinajstić information content (AvgIpc) is 2.67. The summed E-state index contributed by atoms with van der Waals surface area (Å²) >= 11 is 0. The molecule has 2 aliphatic rings. The molecule has 0 aliphatic carbocycles. The number of nitriles is 1. The number of carbonyl (C=O) groups excluding carboxylic acids is 2. The van der Waals surface area contributed by atoms with Crippen LogP contribution in [0, 0.1) is 11.3 Å². The Balaban J connectivity index is 2.09. The first kappa shape index (κ1) is 19.4. The molecular formula is C18H29N3O4. The van der Waals surface area contributed by atoms with Crippen molar-refractivity contribution in [3.63, 3.8) is 0 Å². The number of carbonyl (C=O) groups is 2. The van der Waals surface area contributed by atoms with Gasteiger partial charge >= 0.3 is 12.2 Å². The third-order valence-electron chi connectivity index (χ3n) is 4.35. The zero-order chi connectivity index (χ0) is 19.0. The standard InChI is InChI=1S/C18H29N3O4/c1-16(2,3)24-14(22)20-18(11-19)9-12-7-8-13(10-18)21(12)15(23)25-17(4,5)6/h12-13H,7-10H2,1-6H3,(H,20,22). The van der Waals surface area contributed by atoms with Crippen LogP contribution in [0.3, 0.4) is 0 Å². The van der Waals surface area contributed by atoms with E-state index in [2.05, 4.69) is 11.4 Å². The molecule has 0 radical (unpaired) electrons. The summed E-state index contributed by atoms with van der Waals surface area (Å²) in [5.74, 6) is 0. The van der Waals surface area contributed by atoms with Crippen LogP contribution in [0.25, 0.3) is 0 Å². The van der Waals surface area contributed by atoms with Crippen LogP contribution in [0.5, 0.6) is 0 Å². The Morgan fingerprint density at radius 2 is 1.52 bits per heavy atom. The number of nitrogens with one attached hydrogen (secondary N) is 1. The van der Waals surface area contributed by atoms with Crippen molar-refractivity contribution in [3.05, 3.63) is 0 Å². The molecule has 0 aromatic rings. The molecule has 0 aromatic carbocycles. The van der Waals surface area contributed by atoms with Crippen LogP contribution in [-0.2, 0) is 9.47 Å². The van der Waals surface area contributed by atoms with Crippen LogP contribution in [-0.4, -0.2) is 45.9 Å². The molecule has 2 saturated heterocycles. The maximum atomic E-state index is 12.5. The highest BCUT2D eigenvalue weighted by Crippen LogP contribution is 2.41. The van der Waals surface area contributed by atoms with E-state index in [1.54, 1.807) is 25.7 Å². The lowest BCUT2D eigenvalue weighted by Crippen LogP contribution is -2.60. The monoisotopic (exact) mass is 351 g/mol. The molecule has 0 spiro atoms. The van der Waals surface area contributed by atoms with E-state index in [1.165, 1.54) is 0 Å². The van der Waals surface area contributed by atoms with Crippen LogP contribution in [0.2, 0.25) is 0 Å². The Kier molecular flexibility index (Phi) is 4.95. The average molecular weight is 351 g/mol. The molecule has 140 valence electrons. The van der Waals surface area contributed by atoms with Crippen molar-refractivity contribution in [1.82, 2.24) is 10.2 Å². The van der Waals surface area contributed by atoms with Gasteiger partial charge in [-0.25, -0.2) is 9.59 Å². The highest BCUT2D eigenvalue weighted by atomic mass is 16.6. The molecule has 7 nitrogen and oxygen atoms in total. The molecule has 2 unspecified atom stereocenters. The summed E-state index contributed by atoms with van der Waals surface area (Å²) in [4.78, 5) is 26.4. The topological polar surface area (TPSA) is 91.7 Å². The molecule has 2 fully saturated rings. The van der Waals surface area contributed by atoms with E-state index in [0.717, 1.165) is 12.8 Å². The van der Waals surface area contributed by atoms with Gasteiger partial charge in [0.2, 0.25) is 0 Å². The van der Waals surface area contributed by atoms with Gasteiger partial charge in [0.25, 0.3) is 0 Å². The smallest absolute Gasteiger partial charge is 0.410 e. The molecule has 2 bridgehead atoms. The molecule has 2 amide bonds. The zero-order valence-electron chi connectivity index (χ0n) is 16.0. The molecule has 2 aliphatic heterocycles. The van der Waals surface area contributed by atoms with Gasteiger partial charge in [-0.3, -0.25) is 0 Å². The second-order valence-corrected chi connectivity index (χ2v) is 9.00. The van der Waals surface area contributed by atoms with Gasteiger partial charge in [-0.05, 0) is 54.4 Å². The Morgan fingerprint density at radius 3 is 1.92 bits per heavy atom. The van der Waals surface area contributed by atoms with Gasteiger partial charge in [0.1, 0.15) is 16.7 Å². The molecule has 0 aromatic heterocycles. The van der Waals surface area contributed by atoms with Gasteiger partial charge in [0.05, 0.1) is 6.07 Å². The first-order valence-electron chi connectivity index (χ1n) is 8.78. The van der Waals surface area contributed by atoms with Gasteiger partial charge in [0, 0.05) is 24.9 Å². The minimum atomic E-state index is -1.01. The van der Waals surface area contributed by atoms with Crippen LogP contribution < -0.4 is 5.32 Å². The first-order chi connectivity index (χ1) is 11.3. The number of piperidine rings is 1. The SMILES string of the molecule is CC(C)(C)OC(=O)NC1(C#N)CC2CCC(C1)N2C(=O)OC(C)(C)C. The van der Waals surface area contributed by atoms with E-state index in [9.17, 15) is 14.9 Å². The second kappa shape index (κ2) is 6.40. The van der Waals surface area contributed by atoms with Gasteiger partial charge in [-0.15, -0.1) is 0 Å². The molecule has 0 saturated carbocycles. The van der Waals surface area contributed by atoms with E-state index in [4.69, 9.17) is 9.47 Å². The summed E-state index contributed by atoms with van der Waals surface area (Å²) in [6, 6.07) is 2.04. The predicted octanol–water partition coefficient (Wildman–Crippen LogP) is 3.34. The third-order valence-corrected chi connectivity index (χ3v) is 4.35. The summed E-state index contributed by atoms with van der Waals surface area (Å²) in [5.41, 5.74) is -2.20. The van der Waals surface area contributed by atoms with E-state index >= 15 is 0 Å². The summed E-state index contributed by atoms with van der Waals surface area (Å²) in [6.45, 7) is 10.8. The molecule has 1 N–H and O–H groups in total. The normalized spacial score (nSPS) is 28.9. The second-order valence-electron chi connectivity index (χ2n) is 9.00. The number of alkyl carbamates (subject to hydrolysis) is 1. The fraction of sp³-hybridized carbons (Fsp3) is 0.833. The largest absolute Gasteiger partial charge is 0.444 e. The number of amides is 2. The number of rotatable bonds is 1. The van der Waals surface area contributed by atoms with Crippen molar-refractivity contribution in [2.24, 2.45) is 0 Å². The molecule has 7 heteroatoms. The summed E-state index contributed by atoms with van der Waals surface area (Å²) in [5, 5.41) is 12.5. The van der Waals surface area contributed by atoms with E-state index < -0.39 is 22.8 Å². The van der Waals surface area contributed by atoms with E-state index in [0.29, 0.717) is 12.8 Å². The number of fused-ring (bicyclic) bond motifs is 2. The Morgan fingerprint density at radius 1 is 1.04 bits per heavy atom. The lowest BCUT2D eigenvalue weighted by molar-refractivity contribution is -0.00101.